The third-order valence-electron chi connectivity index (χ3n) is 5.37. The zero-order chi connectivity index (χ0) is 25.2. The van der Waals surface area contributed by atoms with E-state index in [0.717, 1.165) is 6.92 Å². The predicted molar refractivity (Wildman–Crippen MR) is 144 cm³/mol. The van der Waals surface area contributed by atoms with Gasteiger partial charge in [0, 0.05) is 6.42 Å². The Hall–Kier alpha value is -3.49. The number of ether oxygens (including phenoxy) is 1. The van der Waals surface area contributed by atoms with Crippen molar-refractivity contribution in [3.63, 3.8) is 0 Å². The summed E-state index contributed by atoms with van der Waals surface area (Å²) in [6.45, 7) is -1.25. The van der Waals surface area contributed by atoms with Gasteiger partial charge < -0.3 is 4.74 Å². The largest absolute Gasteiger partial charge is 0.462 e. The Morgan fingerprint density at radius 1 is 0.714 bits per heavy atom. The van der Waals surface area contributed by atoms with Crippen molar-refractivity contribution in [2.24, 2.45) is 0 Å². The lowest BCUT2D eigenvalue weighted by molar-refractivity contribution is -0.0109. The van der Waals surface area contributed by atoms with Crippen molar-refractivity contribution in [2.75, 3.05) is 6.61 Å². The molecule has 5 heteroatoms. The molecule has 0 amide bonds. The molecule has 0 aliphatic heterocycles. The van der Waals surface area contributed by atoms with Crippen molar-refractivity contribution in [1.82, 2.24) is 0 Å². The number of carbonyl (C=O) groups is 1. The van der Waals surface area contributed by atoms with Gasteiger partial charge in [-0.05, 0) is 41.9 Å². The third-order valence-corrected chi connectivity index (χ3v) is 8.91. The first-order valence-electron chi connectivity index (χ1n) is 11.3. The molecule has 180 valence electrons. The molecular weight excluding hydrogens is 461 g/mol. The number of carbonyl (C=O) groups excluding carboxylic acids is 1. The minimum Gasteiger partial charge on any atom is -0.462 e. The molecule has 2 nitrogen and oxygen atoms in total. The first-order chi connectivity index (χ1) is 16.8. The van der Waals surface area contributed by atoms with Crippen molar-refractivity contribution < 1.29 is 18.3 Å². The summed E-state index contributed by atoms with van der Waals surface area (Å²) in [6.07, 6.45) is 4.24. The molecule has 0 spiro atoms. The molecule has 0 atom stereocenters. The first kappa shape index (κ1) is 26.1. The van der Waals surface area contributed by atoms with Crippen molar-refractivity contribution >= 4 is 35.1 Å². The molecule has 0 N–H and O–H groups in total. The van der Waals surface area contributed by atoms with Crippen molar-refractivity contribution in [1.29, 1.82) is 0 Å². The number of halogens is 2. The smallest absolute Gasteiger partial charge is 0.338 e. The van der Waals surface area contributed by atoms with E-state index in [1.165, 1.54) is 15.9 Å². The molecule has 0 aliphatic rings. The average molecular weight is 491 g/mol. The molecule has 35 heavy (non-hydrogen) atoms. The molecule has 0 aliphatic carbocycles. The standard InChI is InChI=1S/C19H17P.C11H12F2O2/c1-20(17-11-5-2-6-12-17,18-13-7-3-8-14-18)19-15-9-4-10-16-19;1-11(12,13)7-8-15-10(14)9-5-3-2-4-6-9/h2-16H,1H2;2-6H,7-8H2,1H3. The second-order valence-corrected chi connectivity index (χ2v) is 11.3. The lowest BCUT2D eigenvalue weighted by Gasteiger charge is -2.26. The van der Waals surface area contributed by atoms with Gasteiger partial charge in [0.2, 0.25) is 5.92 Å². The summed E-state index contributed by atoms with van der Waals surface area (Å²) >= 11 is 0. The van der Waals surface area contributed by atoms with E-state index in [2.05, 4.69) is 95.7 Å². The highest BCUT2D eigenvalue weighted by Crippen LogP contribution is 2.41. The molecule has 4 aromatic rings. The average Bonchev–Trinajstić information content (AvgIpc) is 2.90. The van der Waals surface area contributed by atoms with Crippen molar-refractivity contribution in [3.8, 4) is 0 Å². The highest BCUT2D eigenvalue weighted by molar-refractivity contribution is 7.93. The Balaban J connectivity index is 0.000000205. The molecule has 0 radical (unpaired) electrons. The highest BCUT2D eigenvalue weighted by Gasteiger charge is 2.22. The zero-order valence-corrected chi connectivity index (χ0v) is 20.6. The van der Waals surface area contributed by atoms with Crippen LogP contribution < -0.4 is 15.9 Å². The van der Waals surface area contributed by atoms with Crippen LogP contribution in [-0.4, -0.2) is 24.8 Å². The van der Waals surface area contributed by atoms with Crippen LogP contribution in [0.15, 0.2) is 121 Å². The molecule has 0 bridgehead atoms. The van der Waals surface area contributed by atoms with Gasteiger partial charge in [-0.25, -0.2) is 13.6 Å². The molecule has 0 saturated heterocycles. The van der Waals surface area contributed by atoms with Gasteiger partial charge in [-0.3, -0.25) is 0 Å². The number of alkyl halides is 2. The van der Waals surface area contributed by atoms with Crippen LogP contribution in [0, 0.1) is 0 Å². The molecular formula is C30H29F2O2P. The Morgan fingerprint density at radius 2 is 1.06 bits per heavy atom. The van der Waals surface area contributed by atoms with E-state index in [0.29, 0.717) is 5.56 Å². The summed E-state index contributed by atoms with van der Waals surface area (Å²) in [5.74, 6) is -3.36. The second kappa shape index (κ2) is 12.3. The van der Waals surface area contributed by atoms with Gasteiger partial charge in [0.15, 0.2) is 0 Å². The van der Waals surface area contributed by atoms with Gasteiger partial charge in [0.05, 0.1) is 12.2 Å². The Bertz CT molecular complexity index is 1120. The summed E-state index contributed by atoms with van der Waals surface area (Å²) < 4.78 is 29.5. The van der Waals surface area contributed by atoms with Gasteiger partial charge >= 0.3 is 5.97 Å². The fourth-order valence-electron chi connectivity index (χ4n) is 3.48. The molecule has 4 aromatic carbocycles. The maximum atomic E-state index is 12.4. The monoisotopic (exact) mass is 490 g/mol. The lowest BCUT2D eigenvalue weighted by atomic mass is 10.2. The Kier molecular flexibility index (Phi) is 9.17. The first-order valence-corrected chi connectivity index (χ1v) is 13.3. The lowest BCUT2D eigenvalue weighted by Crippen LogP contribution is -2.25. The molecule has 0 unspecified atom stereocenters. The highest BCUT2D eigenvalue weighted by atomic mass is 31.2. The third kappa shape index (κ3) is 7.50. The fourth-order valence-corrected chi connectivity index (χ4v) is 6.41. The van der Waals surface area contributed by atoms with Crippen LogP contribution in [0.5, 0.6) is 0 Å². The van der Waals surface area contributed by atoms with E-state index >= 15 is 0 Å². The maximum Gasteiger partial charge on any atom is 0.338 e. The van der Waals surface area contributed by atoms with E-state index in [9.17, 15) is 13.6 Å². The Labute approximate surface area is 206 Å². The summed E-state index contributed by atoms with van der Waals surface area (Å²) in [6, 6.07) is 40.2. The van der Waals surface area contributed by atoms with E-state index in [1.54, 1.807) is 30.3 Å². The van der Waals surface area contributed by atoms with Crippen LogP contribution in [0.4, 0.5) is 8.78 Å². The quantitative estimate of drug-likeness (QED) is 0.224. The number of esters is 1. The summed E-state index contributed by atoms with van der Waals surface area (Å²) in [7, 11) is 0. The van der Waals surface area contributed by atoms with E-state index in [1.807, 2.05) is 0 Å². The summed E-state index contributed by atoms with van der Waals surface area (Å²) in [4.78, 5) is 11.3. The van der Waals surface area contributed by atoms with Crippen LogP contribution in [0.1, 0.15) is 23.7 Å². The van der Waals surface area contributed by atoms with E-state index < -0.39 is 25.2 Å². The molecule has 4 rings (SSSR count). The molecule has 0 fully saturated rings. The second-order valence-electron chi connectivity index (χ2n) is 8.14. The number of hydrogen-bond acceptors (Lipinski definition) is 2. The van der Waals surface area contributed by atoms with Crippen molar-refractivity contribution in [2.45, 2.75) is 19.3 Å². The Morgan fingerprint density at radius 3 is 1.40 bits per heavy atom. The van der Waals surface area contributed by atoms with Crippen LogP contribution in [-0.2, 0) is 4.74 Å². The van der Waals surface area contributed by atoms with Crippen LogP contribution in [0.25, 0.3) is 0 Å². The molecule has 0 aromatic heterocycles. The van der Waals surface area contributed by atoms with E-state index in [4.69, 9.17) is 6.30 Å². The predicted octanol–water partition coefficient (Wildman–Crippen LogP) is 6.30. The van der Waals surface area contributed by atoms with Gasteiger partial charge in [0.1, 0.15) is 0 Å². The fraction of sp³-hybridized carbons (Fsp3) is 0.133. The zero-order valence-electron chi connectivity index (χ0n) is 19.7. The number of hydrogen-bond donors (Lipinski definition) is 0. The van der Waals surface area contributed by atoms with Gasteiger partial charge in [0.25, 0.3) is 0 Å². The van der Waals surface area contributed by atoms with Crippen LogP contribution >= 0.6 is 6.89 Å². The molecule has 0 heterocycles. The van der Waals surface area contributed by atoms with Crippen molar-refractivity contribution in [3.05, 3.63) is 127 Å². The summed E-state index contributed by atoms with van der Waals surface area (Å²) in [5.41, 5.74) is 0.372. The number of benzene rings is 4. The van der Waals surface area contributed by atoms with Gasteiger partial charge in [-0.1, -0.05) is 115 Å². The topological polar surface area (TPSA) is 26.3 Å². The van der Waals surface area contributed by atoms with Gasteiger partial charge in [-0.15, -0.1) is 0 Å². The minimum atomic E-state index is -2.79. The van der Waals surface area contributed by atoms with Crippen LogP contribution in [0.3, 0.4) is 0 Å². The normalized spacial score (nSPS) is 11.2. The maximum absolute atomic E-state index is 12.4. The van der Waals surface area contributed by atoms with E-state index in [-0.39, 0.29) is 6.61 Å². The summed E-state index contributed by atoms with van der Waals surface area (Å²) in [5, 5.41) is 3.95. The minimum absolute atomic E-state index is 0.267. The molecule has 0 saturated carbocycles. The van der Waals surface area contributed by atoms with Gasteiger partial charge in [-0.2, -0.15) is 0 Å². The number of rotatable bonds is 7. The SMILES string of the molecule is C=P(c1ccccc1)(c1ccccc1)c1ccccc1.CC(F)(F)CCOC(=O)c1ccccc1. The van der Waals surface area contributed by atoms with Crippen LogP contribution in [0.2, 0.25) is 0 Å².